The van der Waals surface area contributed by atoms with Crippen molar-refractivity contribution in [3.63, 3.8) is 0 Å². The normalized spacial score (nSPS) is 18.1. The van der Waals surface area contributed by atoms with E-state index in [1.807, 2.05) is 11.8 Å². The van der Waals surface area contributed by atoms with Crippen LogP contribution in [0, 0.1) is 0 Å². The van der Waals surface area contributed by atoms with E-state index in [0.29, 0.717) is 31.1 Å². The lowest BCUT2D eigenvalue weighted by Gasteiger charge is -2.31. The summed E-state index contributed by atoms with van der Waals surface area (Å²) in [7, 11) is 0. The molecule has 1 aliphatic heterocycles. The van der Waals surface area contributed by atoms with Crippen molar-refractivity contribution in [1.29, 1.82) is 0 Å². The van der Waals surface area contributed by atoms with Gasteiger partial charge in [0.05, 0.1) is 23.0 Å². The number of nitrogens with zero attached hydrogens (tertiary/aromatic N) is 4. The molecule has 1 aliphatic rings. The summed E-state index contributed by atoms with van der Waals surface area (Å²) in [6.07, 6.45) is 5.04. The molecule has 0 bridgehead atoms. The monoisotopic (exact) mass is 348 g/mol. The molecule has 0 aromatic carbocycles. The van der Waals surface area contributed by atoms with E-state index in [0.717, 1.165) is 42.9 Å². The number of carbonyl (C=O) groups is 1. The predicted molar refractivity (Wildman–Crippen MR) is 92.1 cm³/mol. The lowest BCUT2D eigenvalue weighted by Crippen LogP contribution is -2.39. The first-order valence-electron chi connectivity index (χ1n) is 8.73. The van der Waals surface area contributed by atoms with Crippen LogP contribution in [0.2, 0.25) is 0 Å². The third-order valence-corrected chi connectivity index (χ3v) is 5.35. The van der Waals surface area contributed by atoms with Crippen LogP contribution in [0.4, 0.5) is 0 Å². The Balaban J connectivity index is 1.63. The molecule has 3 heterocycles. The molecule has 0 aliphatic carbocycles. The van der Waals surface area contributed by atoms with Gasteiger partial charge in [0.15, 0.2) is 5.82 Å². The van der Waals surface area contributed by atoms with Crippen molar-refractivity contribution in [1.82, 2.24) is 20.0 Å². The Kier molecular flexibility index (Phi) is 5.60. The van der Waals surface area contributed by atoms with Gasteiger partial charge in [-0.05, 0) is 25.7 Å². The van der Waals surface area contributed by atoms with Gasteiger partial charge >= 0.3 is 0 Å². The van der Waals surface area contributed by atoms with E-state index in [1.165, 1.54) is 0 Å². The molecule has 1 saturated heterocycles. The molecule has 0 N–H and O–H groups in total. The molecule has 6 nitrogen and oxygen atoms in total. The van der Waals surface area contributed by atoms with Crippen molar-refractivity contribution >= 4 is 17.2 Å². The minimum Gasteiger partial charge on any atom is -0.342 e. The summed E-state index contributed by atoms with van der Waals surface area (Å²) < 4.78 is 5.47. The number of aromatic nitrogens is 3. The number of likely N-dealkylation sites (tertiary alicyclic amines) is 1. The molecular weight excluding hydrogens is 324 g/mol. The number of amides is 1. The maximum Gasteiger partial charge on any atom is 0.231 e. The second-order valence-corrected chi connectivity index (χ2v) is 7.18. The van der Waals surface area contributed by atoms with Crippen LogP contribution in [-0.2, 0) is 17.6 Å². The second-order valence-electron chi connectivity index (χ2n) is 6.24. The van der Waals surface area contributed by atoms with E-state index in [9.17, 15) is 4.79 Å². The van der Waals surface area contributed by atoms with Crippen molar-refractivity contribution in [2.75, 3.05) is 13.1 Å². The minimum absolute atomic E-state index is 0.155. The fraction of sp³-hybridized carbons (Fsp3) is 0.647. The number of piperidine rings is 1. The zero-order chi connectivity index (χ0) is 16.9. The third kappa shape index (κ3) is 4.01. The lowest BCUT2D eigenvalue weighted by molar-refractivity contribution is -0.132. The van der Waals surface area contributed by atoms with Gasteiger partial charge in [-0.25, -0.2) is 4.98 Å². The highest BCUT2D eigenvalue weighted by Crippen LogP contribution is 2.26. The third-order valence-electron chi connectivity index (χ3n) is 4.31. The Morgan fingerprint density at radius 3 is 3.04 bits per heavy atom. The summed E-state index contributed by atoms with van der Waals surface area (Å²) in [4.78, 5) is 23.1. The van der Waals surface area contributed by atoms with E-state index in [1.54, 1.807) is 11.3 Å². The molecule has 130 valence electrons. The average molecular weight is 348 g/mol. The average Bonchev–Trinajstić information content (AvgIpc) is 3.25. The van der Waals surface area contributed by atoms with Gasteiger partial charge < -0.3 is 9.42 Å². The van der Waals surface area contributed by atoms with Crippen LogP contribution in [0.15, 0.2) is 9.90 Å². The maximum absolute atomic E-state index is 12.1. The molecule has 0 spiro atoms. The van der Waals surface area contributed by atoms with Crippen LogP contribution < -0.4 is 0 Å². The first kappa shape index (κ1) is 17.1. The molecule has 2 aromatic rings. The van der Waals surface area contributed by atoms with Crippen LogP contribution in [0.1, 0.15) is 67.9 Å². The molecule has 1 amide bonds. The Morgan fingerprint density at radius 1 is 1.42 bits per heavy atom. The zero-order valence-corrected chi connectivity index (χ0v) is 15.1. The molecule has 3 rings (SSSR count). The standard InChI is InChI=1S/C17H24N4O2S/c1-3-6-16(22)21-8-5-7-12(10-21)17-19-14(20-23-17)9-13-11-24-15(4-2)18-13/h11-12H,3-10H2,1-2H3/t12-/m0/s1. The van der Waals surface area contributed by atoms with Crippen molar-refractivity contribution in [3.8, 4) is 0 Å². The Bertz CT molecular complexity index is 682. The van der Waals surface area contributed by atoms with Gasteiger partial charge in [0.25, 0.3) is 0 Å². The van der Waals surface area contributed by atoms with Gasteiger partial charge in [-0.15, -0.1) is 11.3 Å². The van der Waals surface area contributed by atoms with Gasteiger partial charge in [0.2, 0.25) is 11.8 Å². The first-order valence-corrected chi connectivity index (χ1v) is 9.61. The van der Waals surface area contributed by atoms with Crippen molar-refractivity contribution in [2.45, 2.75) is 58.3 Å². The Labute approximate surface area is 146 Å². The predicted octanol–water partition coefficient (Wildman–Crippen LogP) is 3.19. The lowest BCUT2D eigenvalue weighted by atomic mass is 9.97. The van der Waals surface area contributed by atoms with Crippen molar-refractivity contribution in [3.05, 3.63) is 27.8 Å². The molecule has 0 radical (unpaired) electrons. The quantitative estimate of drug-likeness (QED) is 0.802. The zero-order valence-electron chi connectivity index (χ0n) is 14.3. The minimum atomic E-state index is 0.155. The second kappa shape index (κ2) is 7.88. The number of hydrogen-bond acceptors (Lipinski definition) is 6. The van der Waals surface area contributed by atoms with Crippen LogP contribution >= 0.6 is 11.3 Å². The van der Waals surface area contributed by atoms with Gasteiger partial charge in [-0.1, -0.05) is 19.0 Å². The summed E-state index contributed by atoms with van der Waals surface area (Å²) in [6, 6.07) is 0. The number of thiazole rings is 1. The molecular formula is C17H24N4O2S. The number of rotatable bonds is 6. The van der Waals surface area contributed by atoms with Gasteiger partial charge in [-0.2, -0.15) is 4.98 Å². The molecule has 1 fully saturated rings. The van der Waals surface area contributed by atoms with Crippen LogP contribution in [-0.4, -0.2) is 39.0 Å². The van der Waals surface area contributed by atoms with E-state index in [4.69, 9.17) is 4.52 Å². The molecule has 7 heteroatoms. The molecule has 0 unspecified atom stereocenters. The summed E-state index contributed by atoms with van der Waals surface area (Å²) >= 11 is 1.67. The fourth-order valence-electron chi connectivity index (χ4n) is 3.04. The number of carbonyl (C=O) groups excluding carboxylic acids is 1. The first-order chi connectivity index (χ1) is 11.7. The van der Waals surface area contributed by atoms with E-state index in [-0.39, 0.29) is 11.8 Å². The number of hydrogen-bond donors (Lipinski definition) is 0. The van der Waals surface area contributed by atoms with Crippen molar-refractivity contribution in [2.24, 2.45) is 0 Å². The van der Waals surface area contributed by atoms with Crippen molar-refractivity contribution < 1.29 is 9.32 Å². The SMILES string of the molecule is CCCC(=O)N1CCC[C@H](c2nc(Cc3csc(CC)n3)no2)C1. The molecule has 1 atom stereocenters. The highest BCUT2D eigenvalue weighted by atomic mass is 32.1. The van der Waals surface area contributed by atoms with Gasteiger partial charge in [0.1, 0.15) is 0 Å². The van der Waals surface area contributed by atoms with E-state index >= 15 is 0 Å². The molecule has 2 aromatic heterocycles. The van der Waals surface area contributed by atoms with E-state index in [2.05, 4.69) is 27.4 Å². The summed E-state index contributed by atoms with van der Waals surface area (Å²) in [5.74, 6) is 1.72. The Hall–Kier alpha value is -1.76. The van der Waals surface area contributed by atoms with Gasteiger partial charge in [0, 0.05) is 24.9 Å². The topological polar surface area (TPSA) is 72.1 Å². The smallest absolute Gasteiger partial charge is 0.231 e. The summed E-state index contributed by atoms with van der Waals surface area (Å²) in [5.41, 5.74) is 0.993. The Morgan fingerprint density at radius 2 is 2.29 bits per heavy atom. The van der Waals surface area contributed by atoms with Gasteiger partial charge in [-0.3, -0.25) is 4.79 Å². The maximum atomic E-state index is 12.1. The largest absolute Gasteiger partial charge is 0.342 e. The van der Waals surface area contributed by atoms with E-state index < -0.39 is 0 Å². The van der Waals surface area contributed by atoms with Crippen LogP contribution in [0.5, 0.6) is 0 Å². The van der Waals surface area contributed by atoms with Crippen LogP contribution in [0.25, 0.3) is 0 Å². The van der Waals surface area contributed by atoms with Crippen LogP contribution in [0.3, 0.4) is 0 Å². The molecule has 24 heavy (non-hydrogen) atoms. The summed E-state index contributed by atoms with van der Waals surface area (Å²) in [6.45, 7) is 5.67. The highest BCUT2D eigenvalue weighted by Gasteiger charge is 2.28. The summed E-state index contributed by atoms with van der Waals surface area (Å²) in [5, 5.41) is 7.29. The number of aryl methyl sites for hydroxylation is 1. The molecule has 0 saturated carbocycles. The highest BCUT2D eigenvalue weighted by molar-refractivity contribution is 7.09. The fourth-order valence-corrected chi connectivity index (χ4v) is 3.78.